The van der Waals surface area contributed by atoms with Gasteiger partial charge in [0.05, 0.1) is 167 Å². The molecule has 1 N–H and O–H groups in total. The number of carbonyl (C=O) groups is 4. The van der Waals surface area contributed by atoms with Crippen molar-refractivity contribution in [1.29, 1.82) is 0 Å². The minimum Gasteiger partial charge on any atom is -0.458 e. The maximum absolute atomic E-state index is 13.6. The van der Waals surface area contributed by atoms with Crippen LogP contribution in [0.1, 0.15) is 238 Å². The number of hydrogen-bond donors (Lipinski definition) is 1. The van der Waals surface area contributed by atoms with E-state index in [2.05, 4.69) is 366 Å². The number of aliphatic hydroxyl groups is 1. The molecule has 0 saturated carbocycles. The molecule has 0 amide bonds. The van der Waals surface area contributed by atoms with Gasteiger partial charge in [-0.2, -0.15) is 0 Å². The summed E-state index contributed by atoms with van der Waals surface area (Å²) in [5, 5.41) is 11.8. The Labute approximate surface area is 789 Å². The maximum atomic E-state index is 13.6. The fourth-order valence-electron chi connectivity index (χ4n) is 19.5. The van der Waals surface area contributed by atoms with Gasteiger partial charge in [-0.05, 0) is 138 Å². The van der Waals surface area contributed by atoms with Crippen LogP contribution in [0.4, 0.5) is 0 Å². The molecule has 0 fully saturated rings. The van der Waals surface area contributed by atoms with Gasteiger partial charge >= 0.3 is 5.97 Å². The van der Waals surface area contributed by atoms with Gasteiger partial charge < -0.3 is 32.3 Å². The van der Waals surface area contributed by atoms with Crippen molar-refractivity contribution < 1.29 is 51.4 Å². The normalized spacial score (nSPS) is 13.9. The number of carbonyl (C=O) groups excluding carboxylic acids is 4. The second kappa shape index (κ2) is 43.9. The predicted molar refractivity (Wildman–Crippen MR) is 549 cm³/mol. The second-order valence-corrected chi connectivity index (χ2v) is 44.5. The lowest BCUT2D eigenvalue weighted by atomic mass is 9.55. The quantitative estimate of drug-likeness (QED) is 0.0310. The number of nitrogens with zero attached hydrogens (tertiary/aromatic N) is 5. The van der Waals surface area contributed by atoms with Crippen molar-refractivity contribution in [2.75, 3.05) is 112 Å². The van der Waals surface area contributed by atoms with Gasteiger partial charge in [0.1, 0.15) is 23.0 Å². The molecule has 702 valence electrons. The summed E-state index contributed by atoms with van der Waals surface area (Å²) in [6.07, 6.45) is 6.17. The van der Waals surface area contributed by atoms with Crippen molar-refractivity contribution in [2.24, 2.45) is 5.41 Å². The lowest BCUT2D eigenvalue weighted by Gasteiger charge is -2.54. The molecule has 2 unspecified atom stereocenters. The van der Waals surface area contributed by atoms with Crippen molar-refractivity contribution in [3.63, 3.8) is 0 Å². The third kappa shape index (κ3) is 24.5. The highest BCUT2D eigenvalue weighted by atomic mass is 16.6. The van der Waals surface area contributed by atoms with Crippen LogP contribution in [0.25, 0.3) is 0 Å². The summed E-state index contributed by atoms with van der Waals surface area (Å²) < 4.78 is 10.2. The first-order valence-corrected chi connectivity index (χ1v) is 47.5. The number of benzene rings is 10. The van der Waals surface area contributed by atoms with Crippen molar-refractivity contribution in [3.8, 4) is 0 Å². The van der Waals surface area contributed by atoms with Crippen LogP contribution in [0.2, 0.25) is 0 Å². The first-order chi connectivity index (χ1) is 60.3. The highest BCUT2D eigenvalue weighted by molar-refractivity contribution is 5.96. The molecule has 10 aromatic carbocycles. The van der Waals surface area contributed by atoms with Crippen LogP contribution in [0, 0.1) is 5.41 Å². The van der Waals surface area contributed by atoms with Gasteiger partial charge in [0.15, 0.2) is 0 Å². The zero-order valence-electron chi connectivity index (χ0n) is 86.7. The molecular weight excluding hydrogens is 1600 g/mol. The number of ketones is 3. The standard InChI is InChI=1S/C26H38NO2.C24H36NO.3C23H32NO/c1-9-25(5,29-21(2)28)26(22-16-12-10-13-17-22,23-18-14-11-15-19-23)20-24(3,4)27(6,7)8;1-8-23(4,26)24(20-15-11-9-12-16-20,21-17-13-10-14-18-21)19-22(2,3)25(5,6)7;1-7-21(25)23(19-14-10-8-11-15-19,20-16-12-9-13-17-20)22(2,3)18-24(4,5)6;2*1-7-21(25)23(19-14-10-8-11-15-19,20-16-12-9-13-17-20)18-22(2,3)24(4,5)6/h10-19H,9,20H2,1-8H3;9-18,26H,8,19H2,1-7H3;3*8-17H,7,18H2,1-6H3/q5*+1. The molecule has 11 nitrogen and oxygen atoms in total. The average Bonchev–Trinajstić information content (AvgIpc) is 0.749. The zero-order chi connectivity index (χ0) is 97.7. The minimum absolute atomic E-state index is 0.0369. The Morgan fingerprint density at radius 1 is 0.269 bits per heavy atom. The molecule has 130 heavy (non-hydrogen) atoms. The largest absolute Gasteiger partial charge is 0.458 e. The number of ether oxygens (including phenoxy) is 1. The van der Waals surface area contributed by atoms with Crippen LogP contribution in [-0.4, -0.2) is 196 Å². The summed E-state index contributed by atoms with van der Waals surface area (Å²) in [6, 6.07) is 104. The van der Waals surface area contributed by atoms with E-state index in [-0.39, 0.29) is 50.9 Å². The molecule has 0 bridgehead atoms. The summed E-state index contributed by atoms with van der Waals surface area (Å²) >= 11 is 0. The van der Waals surface area contributed by atoms with Crippen LogP contribution in [-0.2, 0) is 51.0 Å². The number of rotatable bonds is 36. The van der Waals surface area contributed by atoms with Crippen molar-refractivity contribution in [3.05, 3.63) is 359 Å². The Balaban J connectivity index is 0.000000251. The molecule has 2 atom stereocenters. The second-order valence-electron chi connectivity index (χ2n) is 44.5. The van der Waals surface area contributed by atoms with Crippen LogP contribution in [0.3, 0.4) is 0 Å². The Hall–Kier alpha value is -9.56. The summed E-state index contributed by atoms with van der Waals surface area (Å²) in [7, 11) is 33.2. The third-order valence-electron chi connectivity index (χ3n) is 30.4. The first-order valence-electron chi connectivity index (χ1n) is 47.5. The van der Waals surface area contributed by atoms with E-state index in [1.807, 2.05) is 161 Å². The molecule has 0 aliphatic heterocycles. The van der Waals surface area contributed by atoms with Gasteiger partial charge in [-0.1, -0.05) is 352 Å². The van der Waals surface area contributed by atoms with E-state index in [0.717, 1.165) is 88.0 Å². The fraction of sp³-hybridized carbons (Fsp3) is 0.462. The molecule has 0 saturated heterocycles. The Morgan fingerprint density at radius 3 is 0.662 bits per heavy atom. The van der Waals surface area contributed by atoms with E-state index < -0.39 is 38.3 Å². The van der Waals surface area contributed by atoms with Gasteiger partial charge in [-0.25, -0.2) is 0 Å². The molecule has 10 aromatic rings. The van der Waals surface area contributed by atoms with Crippen LogP contribution < -0.4 is 0 Å². The predicted octanol–water partition coefficient (Wildman–Crippen LogP) is 24.9. The van der Waals surface area contributed by atoms with E-state index in [1.165, 1.54) is 29.2 Å². The highest BCUT2D eigenvalue weighted by Crippen LogP contribution is 2.55. The van der Waals surface area contributed by atoms with Crippen LogP contribution in [0.15, 0.2) is 303 Å². The molecule has 0 heterocycles. The number of Topliss-reactive ketones (excluding diaryl/α,β-unsaturated/α-hetero) is 3. The summed E-state index contributed by atoms with van der Waals surface area (Å²) in [6.45, 7) is 39.4. The molecule has 0 spiro atoms. The Morgan fingerprint density at radius 2 is 0.469 bits per heavy atom. The van der Waals surface area contributed by atoms with E-state index in [4.69, 9.17) is 4.74 Å². The fourth-order valence-corrected chi connectivity index (χ4v) is 19.5. The maximum Gasteiger partial charge on any atom is 0.303 e. The summed E-state index contributed by atoms with van der Waals surface area (Å²) in [5.74, 6) is 0.606. The molecular formula is C119H170N5O6+5. The smallest absolute Gasteiger partial charge is 0.303 e. The topological polar surface area (TPSA) is 97.7 Å². The van der Waals surface area contributed by atoms with E-state index in [9.17, 15) is 24.3 Å². The van der Waals surface area contributed by atoms with E-state index >= 15 is 0 Å². The van der Waals surface area contributed by atoms with E-state index in [1.54, 1.807) is 0 Å². The molecule has 0 radical (unpaired) electrons. The van der Waals surface area contributed by atoms with Crippen molar-refractivity contribution in [1.82, 2.24) is 0 Å². The van der Waals surface area contributed by atoms with Gasteiger partial charge in [0.25, 0.3) is 0 Å². The summed E-state index contributed by atoms with van der Waals surface area (Å²) in [5.41, 5.74) is 6.30. The van der Waals surface area contributed by atoms with Gasteiger partial charge in [0.2, 0.25) is 0 Å². The minimum atomic E-state index is -0.873. The molecule has 0 aliphatic rings. The lowest BCUT2D eigenvalue weighted by molar-refractivity contribution is -0.920. The molecule has 10 rings (SSSR count). The van der Waals surface area contributed by atoms with Gasteiger partial charge in [-0.3, -0.25) is 19.2 Å². The van der Waals surface area contributed by atoms with E-state index in [0.29, 0.717) is 32.1 Å². The van der Waals surface area contributed by atoms with Crippen molar-refractivity contribution in [2.45, 2.75) is 243 Å². The molecule has 0 aliphatic carbocycles. The lowest BCUT2D eigenvalue weighted by Crippen LogP contribution is -2.61. The highest BCUT2D eigenvalue weighted by Gasteiger charge is 2.60. The third-order valence-corrected chi connectivity index (χ3v) is 30.4. The first kappa shape index (κ1) is 109. The number of hydrogen-bond acceptors (Lipinski definition) is 6. The van der Waals surface area contributed by atoms with Gasteiger partial charge in [-0.15, -0.1) is 0 Å². The Kier molecular flexibility index (Phi) is 36.8. The monoisotopic (exact) mass is 1770 g/mol. The average molecular weight is 1770 g/mol. The molecule has 11 heteroatoms. The van der Waals surface area contributed by atoms with Crippen LogP contribution >= 0.6 is 0 Å². The van der Waals surface area contributed by atoms with Crippen molar-refractivity contribution >= 4 is 23.3 Å². The number of quaternary nitrogens is 5. The zero-order valence-corrected chi connectivity index (χ0v) is 86.7. The number of esters is 1. The summed E-state index contributed by atoms with van der Waals surface area (Å²) in [4.78, 5) is 52.7. The SMILES string of the molecule is CCC(=O)C(CC(C)(C)[N+](C)(C)C)(c1ccccc1)c1ccccc1.CCC(=O)C(CC(C)(C)[N+](C)(C)C)(c1ccccc1)c1ccccc1.CCC(=O)C(c1ccccc1)(c1ccccc1)C(C)(C)C[N+](C)(C)C.CCC(C)(O)C(CC(C)(C)[N+](C)(C)C)(c1ccccc1)c1ccccc1.CCC(C)(OC(C)=O)C(CC(C)(C)[N+](C)(C)C)(c1ccccc1)c1ccccc1. The van der Waals surface area contributed by atoms with Crippen LogP contribution in [0.5, 0.6) is 0 Å². The van der Waals surface area contributed by atoms with Gasteiger partial charge in [0, 0.05) is 57.3 Å². The Bertz CT molecular complexity index is 4770. The molecule has 0 aromatic heterocycles.